The SMILES string of the molecule is CCCNC1C(N2CCC(OC)CC2)CCC1(C)C. The molecule has 3 heteroatoms. The molecule has 2 unspecified atom stereocenters. The summed E-state index contributed by atoms with van der Waals surface area (Å²) in [6, 6.07) is 1.39. The van der Waals surface area contributed by atoms with E-state index in [1.54, 1.807) is 0 Å². The maximum atomic E-state index is 5.49. The highest BCUT2D eigenvalue weighted by atomic mass is 16.5. The molecule has 2 atom stereocenters. The van der Waals surface area contributed by atoms with Gasteiger partial charge in [-0.2, -0.15) is 0 Å². The molecule has 2 rings (SSSR count). The minimum Gasteiger partial charge on any atom is -0.381 e. The van der Waals surface area contributed by atoms with Crippen LogP contribution >= 0.6 is 0 Å². The Morgan fingerprint density at radius 1 is 1.21 bits per heavy atom. The summed E-state index contributed by atoms with van der Waals surface area (Å²) in [5.74, 6) is 0. The van der Waals surface area contributed by atoms with Crippen LogP contribution in [0, 0.1) is 5.41 Å². The van der Waals surface area contributed by atoms with Crippen molar-refractivity contribution in [2.45, 2.75) is 71.1 Å². The minimum absolute atomic E-state index is 0.442. The average molecular weight is 268 g/mol. The number of nitrogens with one attached hydrogen (secondary N) is 1. The second kappa shape index (κ2) is 6.55. The molecule has 1 aliphatic carbocycles. The normalized spacial score (nSPS) is 32.8. The van der Waals surface area contributed by atoms with Gasteiger partial charge in [0, 0.05) is 32.3 Å². The lowest BCUT2D eigenvalue weighted by Gasteiger charge is -2.41. The molecule has 2 aliphatic rings. The summed E-state index contributed by atoms with van der Waals surface area (Å²) in [6.45, 7) is 10.7. The van der Waals surface area contributed by atoms with E-state index in [9.17, 15) is 0 Å². The van der Waals surface area contributed by atoms with Crippen molar-refractivity contribution in [3.63, 3.8) is 0 Å². The van der Waals surface area contributed by atoms with Gasteiger partial charge in [0.2, 0.25) is 0 Å². The van der Waals surface area contributed by atoms with Crippen molar-refractivity contribution in [2.24, 2.45) is 5.41 Å². The highest BCUT2D eigenvalue weighted by Crippen LogP contribution is 2.40. The fourth-order valence-corrected chi connectivity index (χ4v) is 3.91. The number of hydrogen-bond acceptors (Lipinski definition) is 3. The first kappa shape index (κ1) is 15.3. The van der Waals surface area contributed by atoms with Crippen LogP contribution in [-0.2, 0) is 4.74 Å². The fraction of sp³-hybridized carbons (Fsp3) is 1.00. The number of hydrogen-bond donors (Lipinski definition) is 1. The minimum atomic E-state index is 0.442. The Kier molecular flexibility index (Phi) is 5.27. The molecule has 0 aromatic carbocycles. The maximum absolute atomic E-state index is 5.49. The lowest BCUT2D eigenvalue weighted by molar-refractivity contribution is 0.0206. The van der Waals surface area contributed by atoms with Gasteiger partial charge in [-0.3, -0.25) is 4.90 Å². The topological polar surface area (TPSA) is 24.5 Å². The van der Waals surface area contributed by atoms with Crippen molar-refractivity contribution in [2.75, 3.05) is 26.7 Å². The third kappa shape index (κ3) is 3.50. The number of rotatable bonds is 5. The molecule has 1 aliphatic heterocycles. The van der Waals surface area contributed by atoms with Crippen LogP contribution < -0.4 is 5.32 Å². The molecule has 1 heterocycles. The molecule has 1 saturated heterocycles. The van der Waals surface area contributed by atoms with Crippen LogP contribution in [0.25, 0.3) is 0 Å². The molecule has 2 fully saturated rings. The Morgan fingerprint density at radius 3 is 2.47 bits per heavy atom. The summed E-state index contributed by atoms with van der Waals surface area (Å²) in [6.07, 6.45) is 6.83. The van der Waals surface area contributed by atoms with Crippen molar-refractivity contribution in [1.29, 1.82) is 0 Å². The van der Waals surface area contributed by atoms with Crippen molar-refractivity contribution in [1.82, 2.24) is 10.2 Å². The molecular formula is C16H32N2O. The van der Waals surface area contributed by atoms with Gasteiger partial charge in [-0.15, -0.1) is 0 Å². The van der Waals surface area contributed by atoms with Gasteiger partial charge in [0.25, 0.3) is 0 Å². The van der Waals surface area contributed by atoms with Crippen LogP contribution in [0.5, 0.6) is 0 Å². The van der Waals surface area contributed by atoms with E-state index in [1.165, 1.54) is 45.2 Å². The average Bonchev–Trinajstić information content (AvgIpc) is 2.72. The molecule has 3 nitrogen and oxygen atoms in total. The molecule has 0 amide bonds. The number of methoxy groups -OCH3 is 1. The molecule has 112 valence electrons. The van der Waals surface area contributed by atoms with Gasteiger partial charge >= 0.3 is 0 Å². The highest BCUT2D eigenvalue weighted by molar-refractivity contribution is 5.01. The van der Waals surface area contributed by atoms with Gasteiger partial charge in [-0.05, 0) is 44.1 Å². The Hall–Kier alpha value is -0.120. The zero-order chi connectivity index (χ0) is 13.9. The van der Waals surface area contributed by atoms with Crippen molar-refractivity contribution < 1.29 is 4.74 Å². The number of ether oxygens (including phenoxy) is 1. The second-order valence-corrected chi connectivity index (χ2v) is 7.00. The smallest absolute Gasteiger partial charge is 0.0595 e. The summed E-state index contributed by atoms with van der Waals surface area (Å²) in [7, 11) is 1.85. The summed E-state index contributed by atoms with van der Waals surface area (Å²) in [5, 5.41) is 3.82. The van der Waals surface area contributed by atoms with Crippen LogP contribution in [0.2, 0.25) is 0 Å². The van der Waals surface area contributed by atoms with Crippen molar-refractivity contribution >= 4 is 0 Å². The van der Waals surface area contributed by atoms with E-state index < -0.39 is 0 Å². The molecule has 19 heavy (non-hydrogen) atoms. The van der Waals surface area contributed by atoms with Crippen LogP contribution in [0.3, 0.4) is 0 Å². The van der Waals surface area contributed by atoms with Crippen LogP contribution in [-0.4, -0.2) is 49.8 Å². The summed E-state index contributed by atoms with van der Waals surface area (Å²) in [4.78, 5) is 2.72. The van der Waals surface area contributed by atoms with E-state index in [0.717, 1.165) is 12.6 Å². The number of piperidine rings is 1. The molecule has 0 aromatic heterocycles. The van der Waals surface area contributed by atoms with E-state index >= 15 is 0 Å². The zero-order valence-corrected chi connectivity index (χ0v) is 13.2. The quantitative estimate of drug-likeness (QED) is 0.829. The summed E-state index contributed by atoms with van der Waals surface area (Å²) < 4.78 is 5.49. The van der Waals surface area contributed by atoms with Crippen LogP contribution in [0.15, 0.2) is 0 Å². The predicted molar refractivity (Wildman–Crippen MR) is 80.5 cm³/mol. The molecule has 1 N–H and O–H groups in total. The summed E-state index contributed by atoms with van der Waals surface area (Å²) in [5.41, 5.74) is 0.442. The van der Waals surface area contributed by atoms with Gasteiger partial charge < -0.3 is 10.1 Å². The Balaban J connectivity index is 1.94. The Labute approximate surface area is 119 Å². The van der Waals surface area contributed by atoms with Crippen LogP contribution in [0.1, 0.15) is 52.9 Å². The fourth-order valence-electron chi connectivity index (χ4n) is 3.91. The summed E-state index contributed by atoms with van der Waals surface area (Å²) >= 11 is 0. The Morgan fingerprint density at radius 2 is 1.89 bits per heavy atom. The van der Waals surface area contributed by atoms with E-state index in [4.69, 9.17) is 4.74 Å². The third-order valence-corrected chi connectivity index (χ3v) is 5.20. The maximum Gasteiger partial charge on any atom is 0.0595 e. The third-order valence-electron chi connectivity index (χ3n) is 5.20. The first-order valence-corrected chi connectivity index (χ1v) is 8.08. The van der Waals surface area contributed by atoms with E-state index in [1.807, 2.05) is 7.11 Å². The standard InChI is InChI=1S/C16H32N2O/c1-5-10-17-15-14(6-9-16(15,2)3)18-11-7-13(19-4)8-12-18/h13-15,17H,5-12H2,1-4H3. The van der Waals surface area contributed by atoms with Gasteiger partial charge in [-0.1, -0.05) is 20.8 Å². The van der Waals surface area contributed by atoms with E-state index in [2.05, 4.69) is 31.0 Å². The van der Waals surface area contributed by atoms with E-state index in [-0.39, 0.29) is 0 Å². The first-order valence-electron chi connectivity index (χ1n) is 8.08. The van der Waals surface area contributed by atoms with Gasteiger partial charge in [0.1, 0.15) is 0 Å². The molecule has 1 saturated carbocycles. The number of likely N-dealkylation sites (tertiary alicyclic amines) is 1. The van der Waals surface area contributed by atoms with Gasteiger partial charge in [-0.25, -0.2) is 0 Å². The Bertz CT molecular complexity index is 272. The molecule has 0 bridgehead atoms. The molecule has 0 radical (unpaired) electrons. The van der Waals surface area contributed by atoms with Crippen molar-refractivity contribution in [3.05, 3.63) is 0 Å². The molecular weight excluding hydrogens is 236 g/mol. The first-order chi connectivity index (χ1) is 9.08. The second-order valence-electron chi connectivity index (χ2n) is 7.00. The molecule has 0 aromatic rings. The van der Waals surface area contributed by atoms with Crippen LogP contribution in [0.4, 0.5) is 0 Å². The molecule has 0 spiro atoms. The van der Waals surface area contributed by atoms with Gasteiger partial charge in [0.05, 0.1) is 6.10 Å². The lowest BCUT2D eigenvalue weighted by Crippen LogP contribution is -2.54. The lowest BCUT2D eigenvalue weighted by atomic mass is 9.86. The van der Waals surface area contributed by atoms with Crippen molar-refractivity contribution in [3.8, 4) is 0 Å². The largest absolute Gasteiger partial charge is 0.381 e. The monoisotopic (exact) mass is 268 g/mol. The highest BCUT2D eigenvalue weighted by Gasteiger charge is 2.44. The van der Waals surface area contributed by atoms with Gasteiger partial charge in [0.15, 0.2) is 0 Å². The zero-order valence-electron chi connectivity index (χ0n) is 13.2. The number of nitrogens with zero attached hydrogens (tertiary/aromatic N) is 1. The predicted octanol–water partition coefficient (Wildman–Crippen LogP) is 2.65. The van der Waals surface area contributed by atoms with E-state index in [0.29, 0.717) is 17.6 Å².